The highest BCUT2D eigenvalue weighted by Crippen LogP contribution is 2.19. The molecule has 2 rings (SSSR count). The summed E-state index contributed by atoms with van der Waals surface area (Å²) in [5, 5.41) is 10.3. The predicted molar refractivity (Wildman–Crippen MR) is 54.1 cm³/mol. The topological polar surface area (TPSA) is 40.5 Å². The molecule has 0 spiro atoms. The molecule has 0 saturated carbocycles. The van der Waals surface area contributed by atoms with Crippen molar-refractivity contribution in [3.63, 3.8) is 0 Å². The Morgan fingerprint density at radius 2 is 2.00 bits per heavy atom. The molecule has 90 valence electrons. The van der Waals surface area contributed by atoms with Crippen LogP contribution in [-0.4, -0.2) is 28.6 Å². The van der Waals surface area contributed by atoms with E-state index in [2.05, 4.69) is 0 Å². The second-order valence-electron chi connectivity index (χ2n) is 3.60. The van der Waals surface area contributed by atoms with Gasteiger partial charge in [-0.3, -0.25) is 4.79 Å². The number of fused-ring (bicyclic) bond motifs is 1. The van der Waals surface area contributed by atoms with E-state index in [9.17, 15) is 23.1 Å². The van der Waals surface area contributed by atoms with Crippen molar-refractivity contribution < 1.29 is 23.1 Å². The normalized spacial score (nSPS) is 14.6. The minimum Gasteiger partial charge on any atom is -0.508 e. The van der Waals surface area contributed by atoms with Crippen LogP contribution in [0.4, 0.5) is 13.2 Å². The quantitative estimate of drug-likeness (QED) is 0.712. The summed E-state index contributed by atoms with van der Waals surface area (Å²) in [5.74, 6) is -1.97. The van der Waals surface area contributed by atoms with Gasteiger partial charge in [-0.1, -0.05) is 12.1 Å². The molecule has 3 nitrogen and oxygen atoms in total. The highest BCUT2D eigenvalue weighted by atomic mass is 19.4. The third-order valence-corrected chi connectivity index (χ3v) is 2.38. The van der Waals surface area contributed by atoms with Crippen molar-refractivity contribution in [3.8, 4) is 5.75 Å². The van der Waals surface area contributed by atoms with Gasteiger partial charge in [0.15, 0.2) is 0 Å². The van der Waals surface area contributed by atoms with Gasteiger partial charge in [-0.05, 0) is 17.4 Å². The molecule has 6 heteroatoms. The zero-order valence-electron chi connectivity index (χ0n) is 8.53. The summed E-state index contributed by atoms with van der Waals surface area (Å²) in [6.45, 7) is -0.129. The summed E-state index contributed by atoms with van der Waals surface area (Å²) < 4.78 is 36.6. The Morgan fingerprint density at radius 1 is 1.29 bits per heavy atom. The van der Waals surface area contributed by atoms with E-state index in [0.717, 1.165) is 6.20 Å². The van der Waals surface area contributed by atoms with Crippen LogP contribution >= 0.6 is 0 Å². The molecule has 1 amide bonds. The molecule has 17 heavy (non-hydrogen) atoms. The lowest BCUT2D eigenvalue weighted by atomic mass is 10.2. The highest BCUT2D eigenvalue weighted by molar-refractivity contribution is 5.86. The lowest BCUT2D eigenvalue weighted by Crippen LogP contribution is -2.43. The molecular formula is C11H8F3NO2. The Kier molecular flexibility index (Phi) is 2.57. The monoisotopic (exact) mass is 243 g/mol. The molecule has 0 fully saturated rings. The van der Waals surface area contributed by atoms with E-state index in [1.165, 1.54) is 18.2 Å². The van der Waals surface area contributed by atoms with E-state index in [-0.39, 0.29) is 12.3 Å². The summed E-state index contributed by atoms with van der Waals surface area (Å²) in [6.07, 6.45) is -2.30. The number of hydrogen-bond acceptors (Lipinski definition) is 2. The Labute approximate surface area is 94.1 Å². The van der Waals surface area contributed by atoms with Gasteiger partial charge in [0, 0.05) is 18.0 Å². The van der Waals surface area contributed by atoms with Crippen molar-refractivity contribution in [3.05, 3.63) is 28.6 Å². The molecule has 1 aliphatic rings. The number of carbonyl (C=O) groups excluding carboxylic acids is 1. The number of rotatable bonds is 0. The third-order valence-electron chi connectivity index (χ3n) is 2.38. The maximum atomic E-state index is 12.2. The Hall–Kier alpha value is -1.98. The highest BCUT2D eigenvalue weighted by Gasteiger charge is 2.41. The van der Waals surface area contributed by atoms with Gasteiger partial charge in [-0.2, -0.15) is 13.2 Å². The van der Waals surface area contributed by atoms with Gasteiger partial charge >= 0.3 is 12.1 Å². The van der Waals surface area contributed by atoms with Crippen molar-refractivity contribution >= 4 is 18.2 Å². The van der Waals surface area contributed by atoms with E-state index in [1.54, 1.807) is 6.07 Å². The van der Waals surface area contributed by atoms with Crippen LogP contribution in [0.2, 0.25) is 0 Å². The smallest absolute Gasteiger partial charge is 0.471 e. The minimum atomic E-state index is -4.89. The van der Waals surface area contributed by atoms with E-state index in [4.69, 9.17) is 0 Å². The molecule has 0 unspecified atom stereocenters. The Bertz CT molecular complexity index is 577. The van der Waals surface area contributed by atoms with E-state index >= 15 is 0 Å². The first kappa shape index (κ1) is 11.5. The molecule has 0 aromatic heterocycles. The number of benzene rings is 1. The average Bonchev–Trinajstić information content (AvgIpc) is 2.25. The lowest BCUT2D eigenvalue weighted by molar-refractivity contribution is -0.181. The van der Waals surface area contributed by atoms with Crippen LogP contribution in [0.3, 0.4) is 0 Å². The predicted octanol–water partition coefficient (Wildman–Crippen LogP) is 0.315. The fourth-order valence-electron chi connectivity index (χ4n) is 1.58. The van der Waals surface area contributed by atoms with E-state index in [0.29, 0.717) is 15.3 Å². The first-order valence-corrected chi connectivity index (χ1v) is 4.77. The Morgan fingerprint density at radius 3 is 2.65 bits per heavy atom. The molecule has 0 atom stereocenters. The summed E-state index contributed by atoms with van der Waals surface area (Å²) in [7, 11) is 0. The molecule has 1 aromatic carbocycles. The van der Waals surface area contributed by atoms with Crippen molar-refractivity contribution in [2.45, 2.75) is 6.18 Å². The second kappa shape index (κ2) is 3.80. The van der Waals surface area contributed by atoms with Gasteiger partial charge in [-0.15, -0.1) is 0 Å². The van der Waals surface area contributed by atoms with Gasteiger partial charge in [0.05, 0.1) is 0 Å². The summed E-state index contributed by atoms with van der Waals surface area (Å²) in [6, 6.07) is 4.32. The molecule has 1 aromatic rings. The van der Waals surface area contributed by atoms with Gasteiger partial charge in [-0.25, -0.2) is 0 Å². The number of phenolic OH excluding ortho intramolecular Hbond substituents is 1. The van der Waals surface area contributed by atoms with Crippen molar-refractivity contribution in [1.29, 1.82) is 0 Å². The van der Waals surface area contributed by atoms with Crippen LogP contribution in [0.1, 0.15) is 0 Å². The fourth-order valence-corrected chi connectivity index (χ4v) is 1.58. The summed E-state index contributed by atoms with van der Waals surface area (Å²) >= 11 is 0. The summed E-state index contributed by atoms with van der Waals surface area (Å²) in [5.41, 5.74) is 0. The van der Waals surface area contributed by atoms with Crippen molar-refractivity contribution in [2.75, 3.05) is 6.54 Å². The average molecular weight is 243 g/mol. The van der Waals surface area contributed by atoms with Crippen LogP contribution in [0.5, 0.6) is 5.75 Å². The minimum absolute atomic E-state index is 0.0605. The van der Waals surface area contributed by atoms with E-state index in [1.807, 2.05) is 0 Å². The van der Waals surface area contributed by atoms with Crippen LogP contribution in [0.25, 0.3) is 12.3 Å². The molecule has 0 bridgehead atoms. The van der Waals surface area contributed by atoms with Gasteiger partial charge in [0.1, 0.15) is 5.75 Å². The van der Waals surface area contributed by atoms with Gasteiger partial charge in [0.2, 0.25) is 0 Å². The largest absolute Gasteiger partial charge is 0.508 e. The second-order valence-corrected chi connectivity index (χ2v) is 3.60. The number of carbonyl (C=O) groups is 1. The first-order chi connectivity index (χ1) is 7.88. The molecule has 1 aliphatic heterocycles. The van der Waals surface area contributed by atoms with Gasteiger partial charge < -0.3 is 10.0 Å². The first-order valence-electron chi connectivity index (χ1n) is 4.77. The zero-order chi connectivity index (χ0) is 12.6. The number of halogens is 3. The SMILES string of the molecule is O=C(N1C=c2cc(O)ccc2=CC1)C(F)(F)F. The number of alkyl halides is 3. The van der Waals surface area contributed by atoms with Crippen LogP contribution in [0, 0.1) is 0 Å². The fraction of sp³-hybridized carbons (Fsp3) is 0.182. The standard InChI is InChI=1S/C11H8F3NO2/c12-11(13,14)10(17)15-4-3-7-1-2-9(16)5-8(7)6-15/h1-3,5-6,16H,4H2. The molecule has 0 radical (unpaired) electrons. The van der Waals surface area contributed by atoms with Gasteiger partial charge in [0.25, 0.3) is 0 Å². The van der Waals surface area contributed by atoms with Crippen molar-refractivity contribution in [2.24, 2.45) is 0 Å². The van der Waals surface area contributed by atoms with Crippen LogP contribution in [0.15, 0.2) is 18.2 Å². The maximum Gasteiger partial charge on any atom is 0.471 e. The molecule has 0 saturated heterocycles. The van der Waals surface area contributed by atoms with Crippen LogP contribution < -0.4 is 10.4 Å². The molecular weight excluding hydrogens is 235 g/mol. The van der Waals surface area contributed by atoms with Crippen LogP contribution in [-0.2, 0) is 4.79 Å². The van der Waals surface area contributed by atoms with E-state index < -0.39 is 12.1 Å². The Balaban J connectivity index is 2.43. The number of hydrogen-bond donors (Lipinski definition) is 1. The third kappa shape index (κ3) is 2.25. The molecule has 1 heterocycles. The molecule has 0 aliphatic carbocycles. The maximum absolute atomic E-state index is 12.2. The summed E-state index contributed by atoms with van der Waals surface area (Å²) in [4.78, 5) is 11.6. The zero-order valence-corrected chi connectivity index (χ0v) is 8.53. The number of amides is 1. The number of nitrogens with zero attached hydrogens (tertiary/aromatic N) is 1. The number of aromatic hydroxyl groups is 1. The molecule has 1 N–H and O–H groups in total. The van der Waals surface area contributed by atoms with Crippen molar-refractivity contribution in [1.82, 2.24) is 4.90 Å². The lowest BCUT2D eigenvalue weighted by Gasteiger charge is -2.20. The number of phenols is 1.